The molecule has 0 amide bonds. The summed E-state index contributed by atoms with van der Waals surface area (Å²) in [5.74, 6) is 0.664. The van der Waals surface area contributed by atoms with Crippen LogP contribution in [0, 0.1) is 0 Å². The molecule has 4 aromatic carbocycles. The lowest BCUT2D eigenvalue weighted by atomic mass is 9.95. The van der Waals surface area contributed by atoms with Crippen molar-refractivity contribution in [3.63, 3.8) is 0 Å². The number of aromatic nitrogens is 1. The highest BCUT2D eigenvalue weighted by molar-refractivity contribution is 6.16. The number of hydrogen-bond acceptors (Lipinski definition) is 2. The molecule has 5 nitrogen and oxygen atoms in total. The first-order valence-electron chi connectivity index (χ1n) is 12.4. The molecule has 6 rings (SSSR count). The number of hydrogen-bond donors (Lipinski definition) is 1. The van der Waals surface area contributed by atoms with Crippen molar-refractivity contribution in [3.05, 3.63) is 145 Å². The molecule has 0 saturated heterocycles. The highest BCUT2D eigenvalue weighted by Gasteiger charge is 2.26. The zero-order valence-corrected chi connectivity index (χ0v) is 20.7. The van der Waals surface area contributed by atoms with Crippen LogP contribution in [0.25, 0.3) is 28.0 Å². The lowest BCUT2D eigenvalue weighted by molar-refractivity contribution is 1.25. The predicted octanol–water partition coefficient (Wildman–Crippen LogP) is 7.30. The van der Waals surface area contributed by atoms with Gasteiger partial charge in [0.2, 0.25) is 5.96 Å². The molecule has 1 aliphatic heterocycles. The SMILES string of the molecule is C=C(N=C(N=C(N)N1c2ccccc2-c2ccccc2-c2ccccc21)c1ccccn1)c1ccccc1. The van der Waals surface area contributed by atoms with E-state index >= 15 is 0 Å². The number of anilines is 2. The van der Waals surface area contributed by atoms with Gasteiger partial charge >= 0.3 is 0 Å². The molecule has 0 radical (unpaired) electrons. The zero-order chi connectivity index (χ0) is 25.9. The van der Waals surface area contributed by atoms with Gasteiger partial charge < -0.3 is 5.73 Å². The van der Waals surface area contributed by atoms with Gasteiger partial charge in [0.25, 0.3) is 0 Å². The van der Waals surface area contributed by atoms with Gasteiger partial charge in [-0.15, -0.1) is 0 Å². The molecular weight excluding hydrogens is 466 g/mol. The monoisotopic (exact) mass is 491 g/mol. The molecule has 2 heterocycles. The van der Waals surface area contributed by atoms with Crippen molar-refractivity contribution in [2.75, 3.05) is 4.90 Å². The smallest absolute Gasteiger partial charge is 0.207 e. The van der Waals surface area contributed by atoms with E-state index in [1.165, 1.54) is 0 Å². The fourth-order valence-corrected chi connectivity index (χ4v) is 4.74. The molecule has 0 atom stereocenters. The minimum Gasteiger partial charge on any atom is -0.369 e. The maximum Gasteiger partial charge on any atom is 0.207 e. The van der Waals surface area contributed by atoms with Crippen LogP contribution in [0.15, 0.2) is 144 Å². The van der Waals surface area contributed by atoms with E-state index in [1.807, 2.05) is 77.7 Å². The number of aliphatic imine (C=N–C) groups is 2. The van der Waals surface area contributed by atoms with Crippen LogP contribution >= 0.6 is 0 Å². The van der Waals surface area contributed by atoms with Crippen molar-refractivity contribution in [1.82, 2.24) is 4.98 Å². The molecule has 5 aromatic rings. The van der Waals surface area contributed by atoms with E-state index in [-0.39, 0.29) is 5.96 Å². The molecule has 0 unspecified atom stereocenters. The number of pyridine rings is 1. The van der Waals surface area contributed by atoms with Crippen LogP contribution in [0.5, 0.6) is 0 Å². The standard InChI is InChI=1S/C33H25N5/c1-23(24-13-3-2-4-14-24)36-32(29-19-11-12-22-35-29)37-33(34)38-30-20-9-7-17-27(30)25-15-5-6-16-26(25)28-18-8-10-21-31(28)38/h2-22H,1H2,(H2,34,36,37). The van der Waals surface area contributed by atoms with Crippen molar-refractivity contribution >= 4 is 28.9 Å². The van der Waals surface area contributed by atoms with Gasteiger partial charge in [-0.05, 0) is 41.0 Å². The van der Waals surface area contributed by atoms with Gasteiger partial charge in [0, 0.05) is 17.3 Å². The van der Waals surface area contributed by atoms with Crippen LogP contribution < -0.4 is 10.6 Å². The number of nitrogens with two attached hydrogens (primary N) is 1. The Balaban J connectivity index is 1.55. The van der Waals surface area contributed by atoms with Crippen LogP contribution in [-0.2, 0) is 0 Å². The largest absolute Gasteiger partial charge is 0.369 e. The first-order valence-corrected chi connectivity index (χ1v) is 12.4. The Morgan fingerprint density at radius 2 is 1.13 bits per heavy atom. The Bertz CT molecular complexity index is 1620. The lowest BCUT2D eigenvalue weighted by Crippen LogP contribution is -2.34. The number of amidine groups is 1. The van der Waals surface area contributed by atoms with Crippen molar-refractivity contribution < 1.29 is 0 Å². The van der Waals surface area contributed by atoms with Crippen molar-refractivity contribution in [1.29, 1.82) is 0 Å². The summed E-state index contributed by atoms with van der Waals surface area (Å²) >= 11 is 0. The molecular formula is C33H25N5. The summed E-state index contributed by atoms with van der Waals surface area (Å²) in [7, 11) is 0. The summed E-state index contributed by atoms with van der Waals surface area (Å²) in [6.07, 6.45) is 1.72. The van der Waals surface area contributed by atoms with Crippen molar-refractivity contribution in [2.24, 2.45) is 15.7 Å². The zero-order valence-electron chi connectivity index (χ0n) is 20.7. The number of guanidine groups is 1. The Morgan fingerprint density at radius 3 is 1.71 bits per heavy atom. The minimum atomic E-state index is 0.281. The van der Waals surface area contributed by atoms with E-state index in [0.29, 0.717) is 17.2 Å². The molecule has 0 saturated carbocycles. The molecule has 182 valence electrons. The van der Waals surface area contributed by atoms with Gasteiger partial charge in [-0.1, -0.05) is 104 Å². The van der Waals surface area contributed by atoms with Crippen LogP contribution in [0.1, 0.15) is 11.3 Å². The second kappa shape index (κ2) is 9.99. The third kappa shape index (κ3) is 4.27. The number of para-hydroxylation sites is 2. The minimum absolute atomic E-state index is 0.281. The first kappa shape index (κ1) is 23.1. The van der Waals surface area contributed by atoms with Crippen LogP contribution in [-0.4, -0.2) is 16.8 Å². The summed E-state index contributed by atoms with van der Waals surface area (Å²) in [6, 6.07) is 40.3. The summed E-state index contributed by atoms with van der Waals surface area (Å²) in [5, 5.41) is 0. The highest BCUT2D eigenvalue weighted by Crippen LogP contribution is 2.47. The Kier molecular flexibility index (Phi) is 6.08. The molecule has 38 heavy (non-hydrogen) atoms. The van der Waals surface area contributed by atoms with E-state index in [9.17, 15) is 0 Å². The summed E-state index contributed by atoms with van der Waals surface area (Å²) in [6.45, 7) is 4.19. The van der Waals surface area contributed by atoms with E-state index in [4.69, 9.17) is 15.7 Å². The second-order valence-corrected chi connectivity index (χ2v) is 8.85. The molecule has 1 aliphatic rings. The second-order valence-electron chi connectivity index (χ2n) is 8.85. The first-order chi connectivity index (χ1) is 18.7. The molecule has 0 fully saturated rings. The van der Waals surface area contributed by atoms with Crippen LogP contribution in [0.4, 0.5) is 11.4 Å². The summed E-state index contributed by atoms with van der Waals surface area (Å²) in [4.78, 5) is 16.2. The average molecular weight is 492 g/mol. The third-order valence-electron chi connectivity index (χ3n) is 6.49. The molecule has 0 bridgehead atoms. The quantitative estimate of drug-likeness (QED) is 0.213. The summed E-state index contributed by atoms with van der Waals surface area (Å²) < 4.78 is 0. The third-order valence-corrected chi connectivity index (χ3v) is 6.49. The lowest BCUT2D eigenvalue weighted by Gasteiger charge is -2.26. The fraction of sp³-hybridized carbons (Fsp3) is 0. The maximum absolute atomic E-state index is 6.87. The number of benzene rings is 4. The van der Waals surface area contributed by atoms with Crippen molar-refractivity contribution in [2.45, 2.75) is 0 Å². The van der Waals surface area contributed by atoms with E-state index in [2.05, 4.69) is 60.1 Å². The van der Waals surface area contributed by atoms with E-state index in [1.54, 1.807) is 6.20 Å². The Labute approximate surface area is 222 Å². The normalized spacial score (nSPS) is 12.7. The highest BCUT2D eigenvalue weighted by atomic mass is 15.3. The molecule has 2 N–H and O–H groups in total. The number of rotatable bonds is 3. The van der Waals surface area contributed by atoms with Crippen LogP contribution in [0.3, 0.4) is 0 Å². The van der Waals surface area contributed by atoms with Gasteiger partial charge in [0.15, 0.2) is 5.84 Å². The number of nitrogens with zero attached hydrogens (tertiary/aromatic N) is 4. The average Bonchev–Trinajstić information content (AvgIpc) is 3.10. The Morgan fingerprint density at radius 1 is 0.605 bits per heavy atom. The van der Waals surface area contributed by atoms with E-state index in [0.717, 1.165) is 39.2 Å². The van der Waals surface area contributed by atoms with Gasteiger partial charge in [-0.25, -0.2) is 4.99 Å². The fourth-order valence-electron chi connectivity index (χ4n) is 4.74. The topological polar surface area (TPSA) is 66.9 Å². The predicted molar refractivity (Wildman–Crippen MR) is 157 cm³/mol. The van der Waals surface area contributed by atoms with Crippen LogP contribution in [0.2, 0.25) is 0 Å². The van der Waals surface area contributed by atoms with E-state index < -0.39 is 0 Å². The van der Waals surface area contributed by atoms with Crippen molar-refractivity contribution in [3.8, 4) is 22.3 Å². The van der Waals surface area contributed by atoms with Gasteiger partial charge in [0.1, 0.15) is 5.69 Å². The van der Waals surface area contributed by atoms with Gasteiger partial charge in [-0.3, -0.25) is 9.88 Å². The van der Waals surface area contributed by atoms with Gasteiger partial charge in [0.05, 0.1) is 17.1 Å². The maximum atomic E-state index is 6.87. The molecule has 5 heteroatoms. The molecule has 1 aromatic heterocycles. The van der Waals surface area contributed by atoms with Gasteiger partial charge in [-0.2, -0.15) is 4.99 Å². The Hall–Kier alpha value is -5.29. The summed E-state index contributed by atoms with van der Waals surface area (Å²) in [5.41, 5.74) is 15.3. The number of fused-ring (bicyclic) bond motifs is 5. The molecule has 0 aliphatic carbocycles. The molecule has 0 spiro atoms.